The maximum absolute atomic E-state index is 10.1. The minimum Gasteiger partial charge on any atom is -0.388 e. The fraction of sp³-hybridized carbons (Fsp3) is 0.647. The van der Waals surface area contributed by atoms with Crippen LogP contribution in [-0.2, 0) is 5.41 Å². The summed E-state index contributed by atoms with van der Waals surface area (Å²) in [4.78, 5) is 0. The molecule has 1 aromatic carbocycles. The molecule has 1 aliphatic carbocycles. The minimum absolute atomic E-state index is 0.287. The molecule has 0 aromatic heterocycles. The third-order valence-corrected chi connectivity index (χ3v) is 4.62. The van der Waals surface area contributed by atoms with Crippen molar-refractivity contribution in [1.82, 2.24) is 0 Å². The summed E-state index contributed by atoms with van der Waals surface area (Å²) in [6.45, 7) is 2.91. The van der Waals surface area contributed by atoms with Gasteiger partial charge in [0.25, 0.3) is 0 Å². The zero-order valence-electron chi connectivity index (χ0n) is 12.1. The lowest BCUT2D eigenvalue weighted by Crippen LogP contribution is -2.21. The zero-order valence-corrected chi connectivity index (χ0v) is 12.1. The van der Waals surface area contributed by atoms with Crippen LogP contribution in [0.1, 0.15) is 69.1 Å². The Morgan fingerprint density at radius 1 is 1.21 bits per heavy atom. The van der Waals surface area contributed by atoms with Crippen LogP contribution >= 0.6 is 0 Å². The standard InChI is InChI=1S/C17H27NO/c1-17(10-4-2-3-5-11-17)15-8-6-7-14(13-15)16(19)9-12-18/h6-8,13,16,19H,2-5,9-12,18H2,1H3. The summed E-state index contributed by atoms with van der Waals surface area (Å²) < 4.78 is 0. The van der Waals surface area contributed by atoms with Gasteiger partial charge in [0.05, 0.1) is 6.10 Å². The van der Waals surface area contributed by atoms with Gasteiger partial charge in [-0.15, -0.1) is 0 Å². The first-order valence-corrected chi connectivity index (χ1v) is 7.64. The fourth-order valence-corrected chi connectivity index (χ4v) is 3.24. The summed E-state index contributed by atoms with van der Waals surface area (Å²) >= 11 is 0. The third kappa shape index (κ3) is 3.58. The van der Waals surface area contributed by atoms with Crippen molar-refractivity contribution >= 4 is 0 Å². The summed E-state index contributed by atoms with van der Waals surface area (Å²) in [6, 6.07) is 8.53. The SMILES string of the molecule is CC1(c2cccc(C(O)CCN)c2)CCCCCC1. The molecule has 106 valence electrons. The van der Waals surface area contributed by atoms with Crippen LogP contribution in [0.15, 0.2) is 24.3 Å². The van der Waals surface area contributed by atoms with E-state index in [0.717, 1.165) is 5.56 Å². The Balaban J connectivity index is 2.21. The molecule has 0 saturated heterocycles. The second-order valence-electron chi connectivity index (χ2n) is 6.19. The molecule has 2 heteroatoms. The average Bonchev–Trinajstić information content (AvgIpc) is 2.65. The topological polar surface area (TPSA) is 46.2 Å². The Morgan fingerprint density at radius 2 is 1.89 bits per heavy atom. The highest BCUT2D eigenvalue weighted by Gasteiger charge is 2.27. The summed E-state index contributed by atoms with van der Waals surface area (Å²) in [6.07, 6.45) is 8.14. The highest BCUT2D eigenvalue weighted by molar-refractivity contribution is 5.31. The number of nitrogens with two attached hydrogens (primary N) is 1. The molecule has 2 nitrogen and oxygen atoms in total. The Bertz CT molecular complexity index is 394. The van der Waals surface area contributed by atoms with Gasteiger partial charge < -0.3 is 10.8 Å². The van der Waals surface area contributed by atoms with E-state index in [2.05, 4.69) is 25.1 Å². The van der Waals surface area contributed by atoms with E-state index in [1.54, 1.807) is 0 Å². The van der Waals surface area contributed by atoms with Crippen LogP contribution in [0.2, 0.25) is 0 Å². The molecule has 1 saturated carbocycles. The van der Waals surface area contributed by atoms with E-state index in [4.69, 9.17) is 5.73 Å². The highest BCUT2D eigenvalue weighted by Crippen LogP contribution is 2.38. The molecule has 2 rings (SSSR count). The van der Waals surface area contributed by atoms with Crippen LogP contribution in [0, 0.1) is 0 Å². The second-order valence-corrected chi connectivity index (χ2v) is 6.19. The highest BCUT2D eigenvalue weighted by atomic mass is 16.3. The van der Waals surface area contributed by atoms with E-state index in [-0.39, 0.29) is 5.41 Å². The molecule has 0 spiro atoms. The fourth-order valence-electron chi connectivity index (χ4n) is 3.24. The summed E-state index contributed by atoms with van der Waals surface area (Å²) in [5.41, 5.74) is 8.23. The second kappa shape index (κ2) is 6.53. The van der Waals surface area contributed by atoms with Gasteiger partial charge in [0.1, 0.15) is 0 Å². The Hall–Kier alpha value is -0.860. The first-order valence-electron chi connectivity index (χ1n) is 7.64. The van der Waals surface area contributed by atoms with Crippen molar-refractivity contribution in [3.63, 3.8) is 0 Å². The van der Waals surface area contributed by atoms with Gasteiger partial charge in [0.15, 0.2) is 0 Å². The summed E-state index contributed by atoms with van der Waals surface area (Å²) in [5, 5.41) is 10.1. The van der Waals surface area contributed by atoms with Crippen LogP contribution in [0.25, 0.3) is 0 Å². The molecular weight excluding hydrogens is 234 g/mol. The number of aliphatic hydroxyl groups is 1. The van der Waals surface area contributed by atoms with Crippen LogP contribution in [0.3, 0.4) is 0 Å². The van der Waals surface area contributed by atoms with Crippen molar-refractivity contribution in [1.29, 1.82) is 0 Å². The lowest BCUT2D eigenvalue weighted by Gasteiger charge is -2.29. The van der Waals surface area contributed by atoms with Gasteiger partial charge in [-0.2, -0.15) is 0 Å². The van der Waals surface area contributed by atoms with Gasteiger partial charge in [-0.05, 0) is 42.3 Å². The predicted octanol–water partition coefficient (Wildman–Crippen LogP) is 3.68. The van der Waals surface area contributed by atoms with Crippen molar-refractivity contribution in [2.24, 2.45) is 5.73 Å². The molecule has 1 fully saturated rings. The number of hydrogen-bond donors (Lipinski definition) is 2. The molecule has 0 heterocycles. The number of hydrogen-bond acceptors (Lipinski definition) is 2. The van der Waals surface area contributed by atoms with Crippen LogP contribution in [0.5, 0.6) is 0 Å². The summed E-state index contributed by atoms with van der Waals surface area (Å²) in [7, 11) is 0. The molecule has 0 aliphatic heterocycles. The normalized spacial score (nSPS) is 20.8. The van der Waals surface area contributed by atoms with Gasteiger partial charge in [-0.1, -0.05) is 56.9 Å². The van der Waals surface area contributed by atoms with Crippen LogP contribution < -0.4 is 5.73 Å². The quantitative estimate of drug-likeness (QED) is 0.812. The van der Waals surface area contributed by atoms with Gasteiger partial charge in [0, 0.05) is 0 Å². The maximum Gasteiger partial charge on any atom is 0.0802 e. The molecule has 1 aromatic rings. The van der Waals surface area contributed by atoms with Crippen molar-refractivity contribution in [2.75, 3.05) is 6.54 Å². The zero-order chi connectivity index (χ0) is 13.7. The average molecular weight is 261 g/mol. The number of rotatable bonds is 4. The van der Waals surface area contributed by atoms with E-state index >= 15 is 0 Å². The minimum atomic E-state index is -0.417. The van der Waals surface area contributed by atoms with Gasteiger partial charge in [0.2, 0.25) is 0 Å². The molecule has 19 heavy (non-hydrogen) atoms. The van der Waals surface area contributed by atoms with Crippen LogP contribution in [-0.4, -0.2) is 11.7 Å². The van der Waals surface area contributed by atoms with Gasteiger partial charge in [-0.25, -0.2) is 0 Å². The van der Waals surface area contributed by atoms with E-state index < -0.39 is 6.10 Å². The van der Waals surface area contributed by atoms with E-state index in [1.165, 1.54) is 44.1 Å². The monoisotopic (exact) mass is 261 g/mol. The molecule has 1 aliphatic rings. The first kappa shape index (κ1) is 14.5. The molecule has 1 unspecified atom stereocenters. The molecule has 1 atom stereocenters. The number of benzene rings is 1. The molecule has 3 N–H and O–H groups in total. The summed E-state index contributed by atoms with van der Waals surface area (Å²) in [5.74, 6) is 0. The Kier molecular flexibility index (Phi) is 5.00. The van der Waals surface area contributed by atoms with Crippen molar-refractivity contribution in [2.45, 2.75) is 63.4 Å². The maximum atomic E-state index is 10.1. The third-order valence-electron chi connectivity index (χ3n) is 4.62. The van der Waals surface area contributed by atoms with E-state index in [0.29, 0.717) is 13.0 Å². The van der Waals surface area contributed by atoms with Gasteiger partial charge >= 0.3 is 0 Å². The lowest BCUT2D eigenvalue weighted by atomic mass is 9.75. The molecule has 0 bridgehead atoms. The Morgan fingerprint density at radius 3 is 2.53 bits per heavy atom. The number of aliphatic hydroxyl groups excluding tert-OH is 1. The molecule has 0 amide bonds. The lowest BCUT2D eigenvalue weighted by molar-refractivity contribution is 0.170. The molecule has 0 radical (unpaired) electrons. The Labute approximate surface area is 117 Å². The smallest absolute Gasteiger partial charge is 0.0802 e. The van der Waals surface area contributed by atoms with E-state index in [9.17, 15) is 5.11 Å². The molecular formula is C17H27NO. The predicted molar refractivity (Wildman–Crippen MR) is 80.1 cm³/mol. The largest absolute Gasteiger partial charge is 0.388 e. The van der Waals surface area contributed by atoms with Crippen molar-refractivity contribution in [3.8, 4) is 0 Å². The van der Waals surface area contributed by atoms with Crippen molar-refractivity contribution < 1.29 is 5.11 Å². The first-order chi connectivity index (χ1) is 9.15. The van der Waals surface area contributed by atoms with Crippen LogP contribution in [0.4, 0.5) is 0 Å². The van der Waals surface area contributed by atoms with E-state index in [1.807, 2.05) is 6.07 Å². The van der Waals surface area contributed by atoms with Gasteiger partial charge in [-0.3, -0.25) is 0 Å². The van der Waals surface area contributed by atoms with Crippen molar-refractivity contribution in [3.05, 3.63) is 35.4 Å².